The van der Waals surface area contributed by atoms with Gasteiger partial charge < -0.3 is 9.47 Å². The first-order valence-corrected chi connectivity index (χ1v) is 11.1. The van der Waals surface area contributed by atoms with Crippen molar-refractivity contribution in [2.45, 2.75) is 32.0 Å². The standard InChI is InChI=1S/C26H20ClF4NO3/c1-34-25(33)23-10-4-9-22(32-23)17-6-2-5-16(17)18-13-15(26(29,30)31)11-12-24(18)35-14-19-20(27)7-3-8-21(19)28/h3-4,7-13H,2,5-6,14H2,1H3. The summed E-state index contributed by atoms with van der Waals surface area (Å²) in [5, 5.41) is 0.156. The van der Waals surface area contributed by atoms with E-state index in [1.807, 2.05) is 0 Å². The van der Waals surface area contributed by atoms with Crippen molar-refractivity contribution in [2.24, 2.45) is 0 Å². The summed E-state index contributed by atoms with van der Waals surface area (Å²) in [5.41, 5.74) is 1.42. The number of benzene rings is 2. The van der Waals surface area contributed by atoms with E-state index >= 15 is 0 Å². The molecule has 4 rings (SSSR count). The number of pyridine rings is 1. The number of esters is 1. The van der Waals surface area contributed by atoms with Crippen LogP contribution in [0.1, 0.15) is 52.1 Å². The maximum absolute atomic E-state index is 14.2. The van der Waals surface area contributed by atoms with Gasteiger partial charge in [-0.3, -0.25) is 0 Å². The number of rotatable bonds is 6. The number of nitrogens with zero attached hydrogens (tertiary/aromatic N) is 1. The molecule has 0 N–H and O–H groups in total. The molecule has 0 radical (unpaired) electrons. The molecule has 35 heavy (non-hydrogen) atoms. The molecule has 1 aliphatic rings. The summed E-state index contributed by atoms with van der Waals surface area (Å²) in [6.07, 6.45) is -2.84. The van der Waals surface area contributed by atoms with E-state index < -0.39 is 23.5 Å². The van der Waals surface area contributed by atoms with Crippen molar-refractivity contribution in [1.82, 2.24) is 4.98 Å². The Hall–Kier alpha value is -3.39. The number of halogens is 5. The van der Waals surface area contributed by atoms with Crippen molar-refractivity contribution >= 4 is 28.7 Å². The zero-order valence-corrected chi connectivity index (χ0v) is 19.3. The number of methoxy groups -OCH3 is 1. The average Bonchev–Trinajstić information content (AvgIpc) is 3.32. The number of ether oxygens (including phenoxy) is 2. The van der Waals surface area contributed by atoms with E-state index in [1.165, 1.54) is 37.4 Å². The smallest absolute Gasteiger partial charge is 0.416 e. The number of carbonyl (C=O) groups is 1. The molecule has 1 aromatic heterocycles. The van der Waals surface area contributed by atoms with Gasteiger partial charge >= 0.3 is 12.1 Å². The SMILES string of the molecule is COC(=O)c1cccc(C2=C(c3cc(C(F)(F)F)ccc3OCc3c(F)cccc3Cl)CCC2)n1. The molecule has 4 nitrogen and oxygen atoms in total. The highest BCUT2D eigenvalue weighted by Gasteiger charge is 2.32. The lowest BCUT2D eigenvalue weighted by molar-refractivity contribution is -0.137. The first kappa shape index (κ1) is 24.7. The van der Waals surface area contributed by atoms with Crippen molar-refractivity contribution in [3.63, 3.8) is 0 Å². The zero-order valence-electron chi connectivity index (χ0n) is 18.6. The highest BCUT2D eigenvalue weighted by Crippen LogP contribution is 2.44. The van der Waals surface area contributed by atoms with Crippen LogP contribution in [0.15, 0.2) is 54.6 Å². The number of hydrogen-bond acceptors (Lipinski definition) is 4. The minimum Gasteiger partial charge on any atom is -0.488 e. The van der Waals surface area contributed by atoms with E-state index in [0.717, 1.165) is 12.1 Å². The molecule has 1 aliphatic carbocycles. The van der Waals surface area contributed by atoms with Gasteiger partial charge in [0.05, 0.1) is 23.4 Å². The van der Waals surface area contributed by atoms with Gasteiger partial charge in [0.15, 0.2) is 0 Å². The third kappa shape index (κ3) is 5.32. The fraction of sp³-hybridized carbons (Fsp3) is 0.231. The molecule has 0 spiro atoms. The normalized spacial score (nSPS) is 13.8. The number of carbonyl (C=O) groups excluding carboxylic acids is 1. The number of hydrogen-bond donors (Lipinski definition) is 0. The molecule has 0 fully saturated rings. The van der Waals surface area contributed by atoms with Crippen LogP contribution in [0.5, 0.6) is 5.75 Å². The van der Waals surface area contributed by atoms with E-state index in [2.05, 4.69) is 4.98 Å². The van der Waals surface area contributed by atoms with Crippen LogP contribution in [-0.2, 0) is 17.5 Å². The van der Waals surface area contributed by atoms with Gasteiger partial charge in [-0.25, -0.2) is 14.2 Å². The summed E-state index contributed by atoms with van der Waals surface area (Å²) in [4.78, 5) is 16.3. The average molecular weight is 506 g/mol. The van der Waals surface area contributed by atoms with Gasteiger partial charge in [0.1, 0.15) is 23.9 Å². The molecule has 0 saturated carbocycles. The monoisotopic (exact) mass is 505 g/mol. The molecule has 9 heteroatoms. The van der Waals surface area contributed by atoms with E-state index in [-0.39, 0.29) is 34.2 Å². The van der Waals surface area contributed by atoms with Crippen molar-refractivity contribution in [2.75, 3.05) is 7.11 Å². The third-order valence-corrected chi connectivity index (χ3v) is 6.09. The Labute approximate surface area is 204 Å². The lowest BCUT2D eigenvalue weighted by Crippen LogP contribution is -2.08. The minimum atomic E-state index is -4.56. The Morgan fingerprint density at radius 2 is 1.80 bits per heavy atom. The van der Waals surface area contributed by atoms with Gasteiger partial charge in [-0.05, 0) is 72.9 Å². The molecule has 0 aliphatic heterocycles. The van der Waals surface area contributed by atoms with Crippen molar-refractivity contribution < 1.29 is 31.8 Å². The highest BCUT2D eigenvalue weighted by atomic mass is 35.5. The van der Waals surface area contributed by atoms with Crippen LogP contribution in [0.2, 0.25) is 5.02 Å². The van der Waals surface area contributed by atoms with Gasteiger partial charge in [-0.2, -0.15) is 13.2 Å². The highest BCUT2D eigenvalue weighted by molar-refractivity contribution is 6.31. The summed E-state index contributed by atoms with van der Waals surface area (Å²) in [6, 6.07) is 12.2. The predicted octanol–water partition coefficient (Wildman–Crippen LogP) is 7.35. The summed E-state index contributed by atoms with van der Waals surface area (Å²) in [5.74, 6) is -1.02. The van der Waals surface area contributed by atoms with Gasteiger partial charge in [-0.15, -0.1) is 0 Å². The molecule has 0 atom stereocenters. The largest absolute Gasteiger partial charge is 0.488 e. The molecule has 2 aromatic carbocycles. The lowest BCUT2D eigenvalue weighted by atomic mass is 9.97. The van der Waals surface area contributed by atoms with Crippen molar-refractivity contribution in [1.29, 1.82) is 0 Å². The van der Waals surface area contributed by atoms with E-state index in [4.69, 9.17) is 21.1 Å². The van der Waals surface area contributed by atoms with Crippen molar-refractivity contribution in [3.8, 4) is 5.75 Å². The quantitative estimate of drug-likeness (QED) is 0.259. The molecule has 0 amide bonds. The predicted molar refractivity (Wildman–Crippen MR) is 123 cm³/mol. The molecular weight excluding hydrogens is 486 g/mol. The van der Waals surface area contributed by atoms with Crippen LogP contribution in [0.25, 0.3) is 11.1 Å². The Balaban J connectivity index is 1.80. The topological polar surface area (TPSA) is 48.4 Å². The Kier molecular flexibility index (Phi) is 7.12. The fourth-order valence-electron chi connectivity index (χ4n) is 4.03. The molecule has 1 heterocycles. The maximum atomic E-state index is 14.2. The summed E-state index contributed by atoms with van der Waals surface area (Å²) < 4.78 is 65.4. The van der Waals surface area contributed by atoms with E-state index in [0.29, 0.717) is 36.1 Å². The fourth-order valence-corrected chi connectivity index (χ4v) is 4.25. The van der Waals surface area contributed by atoms with E-state index in [9.17, 15) is 22.4 Å². The molecule has 3 aromatic rings. The summed E-state index contributed by atoms with van der Waals surface area (Å²) in [6.45, 7) is -0.261. The first-order chi connectivity index (χ1) is 16.7. The maximum Gasteiger partial charge on any atom is 0.416 e. The Morgan fingerprint density at radius 3 is 2.51 bits per heavy atom. The van der Waals surface area contributed by atoms with Gasteiger partial charge in [0.25, 0.3) is 0 Å². The molecule has 0 bridgehead atoms. The Morgan fingerprint density at radius 1 is 1.06 bits per heavy atom. The van der Waals surface area contributed by atoms with Crippen LogP contribution < -0.4 is 4.74 Å². The van der Waals surface area contributed by atoms with E-state index in [1.54, 1.807) is 12.1 Å². The third-order valence-electron chi connectivity index (χ3n) is 5.74. The number of allylic oxidation sites excluding steroid dienone is 2. The second-order valence-corrected chi connectivity index (χ2v) is 8.32. The lowest BCUT2D eigenvalue weighted by Gasteiger charge is -2.17. The van der Waals surface area contributed by atoms with Crippen molar-refractivity contribution in [3.05, 3.63) is 93.5 Å². The summed E-state index contributed by atoms with van der Waals surface area (Å²) in [7, 11) is 1.24. The van der Waals surface area contributed by atoms with Crippen LogP contribution in [0, 0.1) is 5.82 Å². The van der Waals surface area contributed by atoms with Gasteiger partial charge in [-0.1, -0.05) is 23.7 Å². The number of aromatic nitrogens is 1. The molecule has 182 valence electrons. The zero-order chi connectivity index (χ0) is 25.2. The first-order valence-electron chi connectivity index (χ1n) is 10.7. The van der Waals surface area contributed by atoms with Crippen LogP contribution >= 0.6 is 11.6 Å². The second-order valence-electron chi connectivity index (χ2n) is 7.91. The second kappa shape index (κ2) is 10.1. The summed E-state index contributed by atoms with van der Waals surface area (Å²) >= 11 is 6.08. The molecular formula is C26H20ClF4NO3. The Bertz CT molecular complexity index is 1280. The molecule has 0 saturated heterocycles. The van der Waals surface area contributed by atoms with Crippen LogP contribution in [0.4, 0.5) is 17.6 Å². The number of alkyl halides is 3. The van der Waals surface area contributed by atoms with Crippen LogP contribution in [0.3, 0.4) is 0 Å². The van der Waals surface area contributed by atoms with Gasteiger partial charge in [0.2, 0.25) is 0 Å². The van der Waals surface area contributed by atoms with Gasteiger partial charge in [0, 0.05) is 11.1 Å². The molecule has 0 unspecified atom stereocenters. The van der Waals surface area contributed by atoms with Crippen LogP contribution in [-0.4, -0.2) is 18.1 Å². The minimum absolute atomic E-state index is 0.0958.